The number of carbonyl (C=O) groups excluding carboxylic acids is 1. The van der Waals surface area contributed by atoms with Crippen molar-refractivity contribution in [1.82, 2.24) is 29.8 Å². The summed E-state index contributed by atoms with van der Waals surface area (Å²) in [4.78, 5) is 25.8. The number of nitriles is 1. The van der Waals surface area contributed by atoms with Crippen molar-refractivity contribution in [2.24, 2.45) is 0 Å². The third-order valence-electron chi connectivity index (χ3n) is 6.18. The van der Waals surface area contributed by atoms with E-state index in [0.717, 1.165) is 43.1 Å². The summed E-state index contributed by atoms with van der Waals surface area (Å²) >= 11 is 0. The lowest BCUT2D eigenvalue weighted by Gasteiger charge is -2.41. The van der Waals surface area contributed by atoms with E-state index in [1.165, 1.54) is 0 Å². The zero-order valence-corrected chi connectivity index (χ0v) is 17.2. The van der Waals surface area contributed by atoms with Gasteiger partial charge >= 0.3 is 0 Å². The van der Waals surface area contributed by atoms with Crippen molar-refractivity contribution in [2.75, 3.05) is 24.5 Å². The summed E-state index contributed by atoms with van der Waals surface area (Å²) in [6, 6.07) is 12.3. The molecule has 1 amide bonds. The van der Waals surface area contributed by atoms with Crippen LogP contribution in [0.15, 0.2) is 42.9 Å². The molecule has 2 bridgehead atoms. The molecule has 2 saturated heterocycles. The number of fused-ring (bicyclic) bond motifs is 3. The Labute approximate surface area is 180 Å². The van der Waals surface area contributed by atoms with Gasteiger partial charge in [0.05, 0.1) is 11.3 Å². The minimum atomic E-state index is 0.191. The smallest absolute Gasteiger partial charge is 0.223 e. The van der Waals surface area contributed by atoms with Crippen molar-refractivity contribution < 1.29 is 4.79 Å². The Balaban J connectivity index is 1.14. The van der Waals surface area contributed by atoms with Crippen LogP contribution >= 0.6 is 0 Å². The van der Waals surface area contributed by atoms with Crippen LogP contribution < -0.4 is 10.2 Å². The SMILES string of the molecule is N#Cc1ccc(N2C3CCC2CN(C(=O)CCNCc2cccc4ncnn24)C3)nc1. The monoisotopic (exact) mass is 416 g/mol. The molecule has 2 aliphatic heterocycles. The fourth-order valence-corrected chi connectivity index (χ4v) is 4.69. The minimum absolute atomic E-state index is 0.191. The van der Waals surface area contributed by atoms with E-state index >= 15 is 0 Å². The molecule has 2 unspecified atom stereocenters. The molecule has 0 aromatic carbocycles. The van der Waals surface area contributed by atoms with Gasteiger partial charge in [-0.25, -0.2) is 14.5 Å². The number of nitrogens with zero attached hydrogens (tertiary/aromatic N) is 7. The van der Waals surface area contributed by atoms with Gasteiger partial charge in [-0.1, -0.05) is 6.07 Å². The van der Waals surface area contributed by atoms with Gasteiger partial charge < -0.3 is 15.1 Å². The van der Waals surface area contributed by atoms with Crippen LogP contribution in [-0.2, 0) is 11.3 Å². The van der Waals surface area contributed by atoms with Crippen molar-refractivity contribution in [1.29, 1.82) is 5.26 Å². The zero-order chi connectivity index (χ0) is 21.2. The van der Waals surface area contributed by atoms with Gasteiger partial charge in [-0.3, -0.25) is 4.79 Å². The number of pyridine rings is 2. The Kier molecular flexibility index (Phi) is 5.22. The van der Waals surface area contributed by atoms with Gasteiger partial charge in [-0.15, -0.1) is 0 Å². The number of piperazine rings is 1. The maximum absolute atomic E-state index is 12.8. The fourth-order valence-electron chi connectivity index (χ4n) is 4.69. The van der Waals surface area contributed by atoms with Crippen LogP contribution in [0.1, 0.15) is 30.5 Å². The summed E-state index contributed by atoms with van der Waals surface area (Å²) in [5.41, 5.74) is 2.40. The van der Waals surface area contributed by atoms with Gasteiger partial charge in [0, 0.05) is 50.9 Å². The number of likely N-dealkylation sites (tertiary alicyclic amines) is 1. The molecule has 0 radical (unpaired) electrons. The summed E-state index contributed by atoms with van der Waals surface area (Å²) in [5, 5.41) is 16.6. The number of nitrogens with one attached hydrogen (secondary N) is 1. The van der Waals surface area contributed by atoms with Crippen LogP contribution in [0, 0.1) is 11.3 Å². The zero-order valence-electron chi connectivity index (χ0n) is 17.2. The molecule has 2 atom stereocenters. The molecule has 0 spiro atoms. The molecule has 0 saturated carbocycles. The summed E-state index contributed by atoms with van der Waals surface area (Å²) in [6.07, 6.45) is 5.77. The molecule has 3 aromatic heterocycles. The molecule has 31 heavy (non-hydrogen) atoms. The van der Waals surface area contributed by atoms with Crippen LogP contribution in [0.4, 0.5) is 5.82 Å². The van der Waals surface area contributed by atoms with E-state index in [-0.39, 0.29) is 5.91 Å². The first-order chi connectivity index (χ1) is 15.2. The quantitative estimate of drug-likeness (QED) is 0.605. The van der Waals surface area contributed by atoms with E-state index in [1.807, 2.05) is 39.7 Å². The van der Waals surface area contributed by atoms with Crippen molar-refractivity contribution >= 4 is 17.4 Å². The number of hydrogen-bond donors (Lipinski definition) is 1. The van der Waals surface area contributed by atoms with Crippen LogP contribution in [0.25, 0.3) is 5.65 Å². The second-order valence-electron chi connectivity index (χ2n) is 8.08. The Bertz CT molecular complexity index is 1100. The molecule has 0 aliphatic carbocycles. The summed E-state index contributed by atoms with van der Waals surface area (Å²) in [7, 11) is 0. The molecule has 2 fully saturated rings. The highest BCUT2D eigenvalue weighted by atomic mass is 16.2. The van der Waals surface area contributed by atoms with E-state index < -0.39 is 0 Å². The highest BCUT2D eigenvalue weighted by Gasteiger charge is 2.41. The number of aromatic nitrogens is 4. The summed E-state index contributed by atoms with van der Waals surface area (Å²) in [6.45, 7) is 2.72. The van der Waals surface area contributed by atoms with Gasteiger partial charge in [0.2, 0.25) is 5.91 Å². The Morgan fingerprint density at radius 1 is 1.16 bits per heavy atom. The average Bonchev–Trinajstić information content (AvgIpc) is 3.39. The topological polar surface area (TPSA) is 102 Å². The molecule has 9 nitrogen and oxygen atoms in total. The Morgan fingerprint density at radius 2 is 2.00 bits per heavy atom. The van der Waals surface area contributed by atoms with Crippen LogP contribution in [0.3, 0.4) is 0 Å². The van der Waals surface area contributed by atoms with Crippen LogP contribution in [0.5, 0.6) is 0 Å². The Morgan fingerprint density at radius 3 is 2.74 bits per heavy atom. The lowest BCUT2D eigenvalue weighted by molar-refractivity contribution is -0.132. The van der Waals surface area contributed by atoms with Gasteiger partial charge in [0.1, 0.15) is 18.2 Å². The predicted octanol–water partition coefficient (Wildman–Crippen LogP) is 1.36. The number of anilines is 1. The highest BCUT2D eigenvalue weighted by molar-refractivity contribution is 5.77. The first-order valence-electron chi connectivity index (χ1n) is 10.6. The number of amides is 1. The molecular formula is C22H24N8O. The molecule has 9 heteroatoms. The third kappa shape index (κ3) is 3.82. The summed E-state index contributed by atoms with van der Waals surface area (Å²) < 4.78 is 1.81. The van der Waals surface area contributed by atoms with Crippen molar-refractivity contribution in [3.05, 3.63) is 54.1 Å². The van der Waals surface area contributed by atoms with E-state index in [9.17, 15) is 4.79 Å². The molecule has 5 heterocycles. The lowest BCUT2D eigenvalue weighted by atomic mass is 10.1. The normalized spacial score (nSPS) is 20.2. The van der Waals surface area contributed by atoms with Crippen molar-refractivity contribution in [2.45, 2.75) is 37.9 Å². The number of rotatable bonds is 6. The summed E-state index contributed by atoms with van der Waals surface area (Å²) in [5.74, 6) is 1.10. The fraction of sp³-hybridized carbons (Fsp3) is 0.409. The largest absolute Gasteiger partial charge is 0.347 e. The lowest BCUT2D eigenvalue weighted by Crippen LogP contribution is -2.56. The molecule has 158 valence electrons. The van der Waals surface area contributed by atoms with Gasteiger partial charge in [-0.05, 0) is 37.1 Å². The molecule has 3 aromatic rings. The van der Waals surface area contributed by atoms with Crippen molar-refractivity contribution in [3.8, 4) is 6.07 Å². The van der Waals surface area contributed by atoms with Gasteiger partial charge in [0.25, 0.3) is 0 Å². The van der Waals surface area contributed by atoms with Crippen LogP contribution in [-0.4, -0.2) is 62.1 Å². The minimum Gasteiger partial charge on any atom is -0.347 e. The number of carbonyl (C=O) groups is 1. The van der Waals surface area contributed by atoms with Gasteiger partial charge in [0.15, 0.2) is 5.65 Å². The molecule has 2 aliphatic rings. The maximum atomic E-state index is 12.8. The Hall–Kier alpha value is -3.51. The third-order valence-corrected chi connectivity index (χ3v) is 6.18. The predicted molar refractivity (Wildman–Crippen MR) is 114 cm³/mol. The standard InChI is InChI=1S/C22H24N8O/c23-10-16-4-7-20(25-11-16)29-18-5-6-19(29)14-28(13-18)22(31)8-9-24-12-17-2-1-3-21-26-15-27-30(17)21/h1-4,7,11,15,18-19,24H,5-6,8-9,12-14H2. The molecule has 1 N–H and O–H groups in total. The van der Waals surface area contributed by atoms with E-state index in [0.29, 0.717) is 37.2 Å². The maximum Gasteiger partial charge on any atom is 0.223 e. The average molecular weight is 416 g/mol. The first kappa shape index (κ1) is 19.5. The van der Waals surface area contributed by atoms with Crippen molar-refractivity contribution in [3.63, 3.8) is 0 Å². The highest BCUT2D eigenvalue weighted by Crippen LogP contribution is 2.34. The second kappa shape index (κ2) is 8.32. The van der Waals surface area contributed by atoms with Gasteiger partial charge in [-0.2, -0.15) is 10.4 Å². The second-order valence-corrected chi connectivity index (χ2v) is 8.08. The first-order valence-corrected chi connectivity index (χ1v) is 10.6. The van der Waals surface area contributed by atoms with E-state index in [2.05, 4.69) is 31.4 Å². The molecule has 5 rings (SSSR count). The van der Waals surface area contributed by atoms with E-state index in [4.69, 9.17) is 5.26 Å². The van der Waals surface area contributed by atoms with Crippen LogP contribution in [0.2, 0.25) is 0 Å². The van der Waals surface area contributed by atoms with E-state index in [1.54, 1.807) is 12.5 Å². The number of hydrogen-bond acceptors (Lipinski definition) is 7. The molecular weight excluding hydrogens is 392 g/mol.